The molecule has 0 radical (unpaired) electrons. The minimum atomic E-state index is -0.930. The minimum absolute atomic E-state index is 0.129. The molecule has 5 nitrogen and oxygen atoms in total. The quantitative estimate of drug-likeness (QED) is 0.612. The highest BCUT2D eigenvalue weighted by atomic mass is 19.1. The number of nitrogens with one attached hydrogen (secondary N) is 1. The molecule has 0 amide bonds. The number of benzene rings is 2. The summed E-state index contributed by atoms with van der Waals surface area (Å²) in [6.07, 6.45) is 2.32. The summed E-state index contributed by atoms with van der Waals surface area (Å²) in [5.74, 6) is -0.173. The Labute approximate surface area is 163 Å². The second kappa shape index (κ2) is 8.97. The molecule has 2 aromatic rings. The number of ether oxygens (including phenoxy) is 1. The monoisotopic (exact) mass is 385 g/mol. The van der Waals surface area contributed by atoms with Gasteiger partial charge in [0.15, 0.2) is 0 Å². The van der Waals surface area contributed by atoms with Crippen LogP contribution in [0, 0.1) is 11.7 Å². The van der Waals surface area contributed by atoms with E-state index in [1.54, 1.807) is 31.4 Å². The van der Waals surface area contributed by atoms with Gasteiger partial charge in [-0.1, -0.05) is 18.2 Å². The van der Waals surface area contributed by atoms with E-state index in [-0.39, 0.29) is 23.9 Å². The molecule has 0 aromatic heterocycles. The van der Waals surface area contributed by atoms with Crippen LogP contribution in [0.5, 0.6) is 5.75 Å². The van der Waals surface area contributed by atoms with Crippen LogP contribution < -0.4 is 10.1 Å². The van der Waals surface area contributed by atoms with Gasteiger partial charge in [0, 0.05) is 31.0 Å². The van der Waals surface area contributed by atoms with Gasteiger partial charge in [0.05, 0.1) is 13.5 Å². The lowest BCUT2D eigenvalue weighted by atomic mass is 9.92. The van der Waals surface area contributed by atoms with Crippen molar-refractivity contribution >= 4 is 11.8 Å². The molecule has 0 atom stereocenters. The lowest BCUT2D eigenvalue weighted by Crippen LogP contribution is -2.20. The van der Waals surface area contributed by atoms with Gasteiger partial charge in [-0.05, 0) is 47.7 Å². The number of rotatable bonds is 10. The molecule has 1 saturated carbocycles. The maximum Gasteiger partial charge on any atom is 0.307 e. The number of carboxylic acid groups (broad SMARTS) is 1. The number of carbonyl (C=O) groups is 2. The Morgan fingerprint density at radius 2 is 1.89 bits per heavy atom. The molecule has 0 bridgehead atoms. The molecule has 0 spiro atoms. The second-order valence-electron chi connectivity index (χ2n) is 7.03. The molecule has 28 heavy (non-hydrogen) atoms. The van der Waals surface area contributed by atoms with Gasteiger partial charge < -0.3 is 15.2 Å². The second-order valence-corrected chi connectivity index (χ2v) is 7.03. The molecular weight excluding hydrogens is 361 g/mol. The normalized spacial score (nSPS) is 13.4. The van der Waals surface area contributed by atoms with Crippen molar-refractivity contribution in [2.24, 2.45) is 5.92 Å². The van der Waals surface area contributed by atoms with Gasteiger partial charge in [-0.3, -0.25) is 9.59 Å². The van der Waals surface area contributed by atoms with Gasteiger partial charge in [-0.15, -0.1) is 0 Å². The summed E-state index contributed by atoms with van der Waals surface area (Å²) >= 11 is 0. The highest BCUT2D eigenvalue weighted by Gasteiger charge is 2.28. The molecule has 0 heterocycles. The molecule has 1 fully saturated rings. The van der Waals surface area contributed by atoms with Crippen molar-refractivity contribution < 1.29 is 23.8 Å². The maximum absolute atomic E-state index is 13.4. The molecule has 0 saturated heterocycles. The van der Waals surface area contributed by atoms with E-state index < -0.39 is 5.97 Å². The fraction of sp³-hybridized carbons (Fsp3) is 0.364. The lowest BCUT2D eigenvalue weighted by molar-refractivity contribution is -0.136. The fourth-order valence-electron chi connectivity index (χ4n) is 3.34. The van der Waals surface area contributed by atoms with Gasteiger partial charge >= 0.3 is 5.97 Å². The molecule has 148 valence electrons. The zero-order valence-corrected chi connectivity index (χ0v) is 15.8. The van der Waals surface area contributed by atoms with E-state index in [0.29, 0.717) is 30.8 Å². The molecule has 1 aliphatic rings. The first-order valence-corrected chi connectivity index (χ1v) is 9.39. The first-order valence-electron chi connectivity index (χ1n) is 9.39. The molecule has 3 rings (SSSR count). The zero-order valence-electron chi connectivity index (χ0n) is 15.8. The number of carbonyl (C=O) groups excluding carboxylic acids is 1. The van der Waals surface area contributed by atoms with E-state index in [9.17, 15) is 19.1 Å². The summed E-state index contributed by atoms with van der Waals surface area (Å²) < 4.78 is 18.9. The Balaban J connectivity index is 1.89. The summed E-state index contributed by atoms with van der Waals surface area (Å²) in [4.78, 5) is 23.2. The SMILES string of the molecule is COc1ccc(CC(=O)O)c(CNCCC(=O)C2CC2)c1-c1ccc(F)cc1. The number of carboxylic acids is 1. The van der Waals surface area contributed by atoms with Crippen molar-refractivity contribution in [2.75, 3.05) is 13.7 Å². The Morgan fingerprint density at radius 3 is 2.50 bits per heavy atom. The first kappa shape index (κ1) is 20.0. The number of methoxy groups -OCH3 is 1. The topological polar surface area (TPSA) is 75.6 Å². The van der Waals surface area contributed by atoms with E-state index in [0.717, 1.165) is 29.5 Å². The summed E-state index contributed by atoms with van der Waals surface area (Å²) in [7, 11) is 1.55. The Hall–Kier alpha value is -2.73. The number of ketones is 1. The lowest BCUT2D eigenvalue weighted by Gasteiger charge is -2.18. The first-order chi connectivity index (χ1) is 13.5. The van der Waals surface area contributed by atoms with E-state index in [1.807, 2.05) is 0 Å². The third kappa shape index (κ3) is 4.95. The smallest absolute Gasteiger partial charge is 0.307 e. The van der Waals surface area contributed by atoms with Crippen LogP contribution in [0.4, 0.5) is 4.39 Å². The van der Waals surface area contributed by atoms with Gasteiger partial charge in [-0.2, -0.15) is 0 Å². The third-order valence-electron chi connectivity index (χ3n) is 4.95. The Morgan fingerprint density at radius 1 is 1.18 bits per heavy atom. The van der Waals surface area contributed by atoms with Crippen molar-refractivity contribution in [1.29, 1.82) is 0 Å². The van der Waals surface area contributed by atoms with Gasteiger partial charge in [0.1, 0.15) is 17.3 Å². The van der Waals surface area contributed by atoms with Crippen molar-refractivity contribution in [3.05, 3.63) is 53.3 Å². The standard InChI is InChI=1S/C22H24FNO4/c1-28-20-9-6-16(12-21(26)27)18(13-24-11-10-19(25)14-2-3-14)22(20)15-4-7-17(23)8-5-15/h4-9,14,24H,2-3,10-13H2,1H3,(H,26,27). The molecule has 0 unspecified atom stereocenters. The molecule has 1 aliphatic carbocycles. The maximum atomic E-state index is 13.4. The van der Waals surface area contributed by atoms with Crippen molar-refractivity contribution in [3.8, 4) is 16.9 Å². The highest BCUT2D eigenvalue weighted by molar-refractivity contribution is 5.83. The fourth-order valence-corrected chi connectivity index (χ4v) is 3.34. The molecule has 6 heteroatoms. The molecule has 0 aliphatic heterocycles. The van der Waals surface area contributed by atoms with E-state index in [1.165, 1.54) is 12.1 Å². The predicted molar refractivity (Wildman–Crippen MR) is 104 cm³/mol. The van der Waals surface area contributed by atoms with Crippen LogP contribution >= 0.6 is 0 Å². The van der Waals surface area contributed by atoms with Crippen LogP contribution in [-0.4, -0.2) is 30.5 Å². The number of hydrogen-bond acceptors (Lipinski definition) is 4. The number of aliphatic carboxylic acids is 1. The summed E-state index contributed by atoms with van der Waals surface area (Å²) in [5.41, 5.74) is 2.93. The molecular formula is C22H24FNO4. The number of hydrogen-bond donors (Lipinski definition) is 2. The van der Waals surface area contributed by atoms with Crippen LogP contribution in [0.3, 0.4) is 0 Å². The average Bonchev–Trinajstić information content (AvgIpc) is 3.51. The van der Waals surface area contributed by atoms with Crippen LogP contribution in [0.15, 0.2) is 36.4 Å². The zero-order chi connectivity index (χ0) is 20.1. The number of Topliss-reactive ketones (excluding diaryl/α,β-unsaturated/α-hetero) is 1. The highest BCUT2D eigenvalue weighted by Crippen LogP contribution is 2.36. The van der Waals surface area contributed by atoms with E-state index >= 15 is 0 Å². The predicted octanol–water partition coefficient (Wildman–Crippen LogP) is 3.59. The summed E-state index contributed by atoms with van der Waals surface area (Å²) in [6.45, 7) is 0.923. The average molecular weight is 385 g/mol. The van der Waals surface area contributed by atoms with Crippen molar-refractivity contribution in [3.63, 3.8) is 0 Å². The largest absolute Gasteiger partial charge is 0.496 e. The van der Waals surface area contributed by atoms with Crippen LogP contribution in [0.2, 0.25) is 0 Å². The third-order valence-corrected chi connectivity index (χ3v) is 4.95. The Bertz CT molecular complexity index is 860. The van der Waals surface area contributed by atoms with E-state index in [2.05, 4.69) is 5.32 Å². The van der Waals surface area contributed by atoms with Gasteiger partial charge in [0.25, 0.3) is 0 Å². The van der Waals surface area contributed by atoms with Crippen LogP contribution in [-0.2, 0) is 22.6 Å². The summed E-state index contributed by atoms with van der Waals surface area (Å²) in [6, 6.07) is 9.51. The van der Waals surface area contributed by atoms with Gasteiger partial charge in [-0.25, -0.2) is 4.39 Å². The van der Waals surface area contributed by atoms with Crippen LogP contribution in [0.25, 0.3) is 11.1 Å². The molecule has 2 aromatic carbocycles. The Kier molecular flexibility index (Phi) is 6.41. The van der Waals surface area contributed by atoms with E-state index in [4.69, 9.17) is 4.74 Å². The molecule has 2 N–H and O–H groups in total. The van der Waals surface area contributed by atoms with Crippen molar-refractivity contribution in [1.82, 2.24) is 5.32 Å². The van der Waals surface area contributed by atoms with Gasteiger partial charge in [0.2, 0.25) is 0 Å². The van der Waals surface area contributed by atoms with Crippen molar-refractivity contribution in [2.45, 2.75) is 32.2 Å². The number of halogens is 1. The summed E-state index contributed by atoms with van der Waals surface area (Å²) in [5, 5.41) is 12.5. The van der Waals surface area contributed by atoms with Crippen LogP contribution in [0.1, 0.15) is 30.4 Å². The minimum Gasteiger partial charge on any atom is -0.496 e.